The van der Waals surface area contributed by atoms with Gasteiger partial charge in [0.2, 0.25) is 0 Å². The Morgan fingerprint density at radius 1 is 1.75 bits per heavy atom. The van der Waals surface area contributed by atoms with Crippen molar-refractivity contribution >= 4 is 35.6 Å². The third-order valence-corrected chi connectivity index (χ3v) is 3.13. The largest absolute Gasteiger partial charge is 0.480 e. The third kappa shape index (κ3) is 6.69. The maximum absolute atomic E-state index is 11.1. The average molecular weight is 294 g/mol. The lowest BCUT2D eigenvalue weighted by Gasteiger charge is -2.07. The van der Waals surface area contributed by atoms with Gasteiger partial charge in [0.25, 0.3) is 0 Å². The molecule has 0 bridgehead atoms. The number of rotatable bonds is 8. The molecule has 6 nitrogen and oxygen atoms in total. The van der Waals surface area contributed by atoms with Gasteiger partial charge in [0.15, 0.2) is 7.37 Å². The molecule has 1 aromatic heterocycles. The third-order valence-electron chi connectivity index (χ3n) is 2.43. The molecule has 0 aromatic carbocycles. The molecule has 20 heavy (non-hydrogen) atoms. The lowest BCUT2D eigenvalue weighted by Crippen LogP contribution is -2.31. The second-order valence-electron chi connectivity index (χ2n) is 4.02. The minimum Gasteiger partial charge on any atom is -0.480 e. The number of allylic oxidation sites excluding steroid dienone is 1. The summed E-state index contributed by atoms with van der Waals surface area (Å²) >= 11 is 1.60. The van der Waals surface area contributed by atoms with E-state index >= 15 is 0 Å². The Bertz CT molecular complexity index is 514. The van der Waals surface area contributed by atoms with E-state index in [1.807, 2.05) is 22.9 Å². The summed E-state index contributed by atoms with van der Waals surface area (Å²) in [5, 5.41) is 18.7. The van der Waals surface area contributed by atoms with Crippen LogP contribution < -0.4 is 11.1 Å². The molecule has 0 unspecified atom stereocenters. The fourth-order valence-corrected chi connectivity index (χ4v) is 2.08. The maximum atomic E-state index is 11.1. The van der Waals surface area contributed by atoms with Crippen molar-refractivity contribution in [3.8, 4) is 0 Å². The zero-order valence-corrected chi connectivity index (χ0v) is 11.7. The molecule has 0 fully saturated rings. The van der Waals surface area contributed by atoms with Crippen LogP contribution in [0.3, 0.4) is 0 Å². The molecule has 7 heteroatoms. The second kappa shape index (κ2) is 8.87. The summed E-state index contributed by atoms with van der Waals surface area (Å²) in [7, 11) is 0. The molecule has 0 aliphatic heterocycles. The van der Waals surface area contributed by atoms with Crippen LogP contribution in [0.5, 0.6) is 0 Å². The Labute approximate surface area is 123 Å². The van der Waals surface area contributed by atoms with Gasteiger partial charge in [-0.25, -0.2) is 4.79 Å². The Hall–Kier alpha value is -2.15. The summed E-state index contributed by atoms with van der Waals surface area (Å²) < 4.78 is 6.64. The monoisotopic (exact) mass is 294 g/mol. The van der Waals surface area contributed by atoms with E-state index in [0.29, 0.717) is 19.4 Å². The molecule has 1 atom stereocenters. The predicted molar refractivity (Wildman–Crippen MR) is 82.4 cm³/mol. The van der Waals surface area contributed by atoms with Crippen LogP contribution in [-0.4, -0.2) is 35.8 Å². The van der Waals surface area contributed by atoms with Gasteiger partial charge in [-0.05, 0) is 41.3 Å². The van der Waals surface area contributed by atoms with E-state index in [-0.39, 0.29) is 5.96 Å². The number of thiophene rings is 1. The number of guanidine groups is 1. The van der Waals surface area contributed by atoms with Crippen LogP contribution in [0.2, 0.25) is 1.41 Å². The van der Waals surface area contributed by atoms with E-state index in [0.717, 1.165) is 5.56 Å². The predicted octanol–water partition coefficient (Wildman–Crippen LogP) is 1.55. The SMILES string of the molecule is [H]/N=C(\N)NCCC[C@H](/N=C/C=C/c1ccsc1)C(=O)O. The second-order valence-corrected chi connectivity index (χ2v) is 4.80. The number of aliphatic imine (C=N–C) groups is 1. The number of hydrogen-bond donors (Lipinski definition) is 4. The molecule has 1 heterocycles. The van der Waals surface area contributed by atoms with E-state index in [1.165, 1.54) is 6.21 Å². The quantitative estimate of drug-likeness (QED) is 0.331. The van der Waals surface area contributed by atoms with Crippen LogP contribution >= 0.6 is 11.3 Å². The topological polar surface area (TPSA) is 112 Å². The average Bonchev–Trinajstić information content (AvgIpc) is 2.98. The van der Waals surface area contributed by atoms with Gasteiger partial charge in [-0.15, -0.1) is 0 Å². The molecular weight excluding hydrogens is 276 g/mol. The lowest BCUT2D eigenvalue weighted by atomic mass is 10.1. The summed E-state index contributed by atoms with van der Waals surface area (Å²) in [6.45, 7) is 0.457. The summed E-state index contributed by atoms with van der Waals surface area (Å²) in [4.78, 5) is 15.1. The van der Waals surface area contributed by atoms with Gasteiger partial charge in [-0.3, -0.25) is 10.4 Å². The van der Waals surface area contributed by atoms with Crippen molar-refractivity contribution in [1.29, 1.82) is 5.40 Å². The molecule has 0 aliphatic rings. The first kappa shape index (κ1) is 14.3. The normalized spacial score (nSPS) is 14.6. The minimum atomic E-state index is -0.961. The van der Waals surface area contributed by atoms with Gasteiger partial charge in [0, 0.05) is 12.8 Å². The highest BCUT2D eigenvalue weighted by Crippen LogP contribution is 2.07. The Kier molecular flexibility index (Phi) is 6.32. The summed E-state index contributed by atoms with van der Waals surface area (Å²) in [6, 6.07) is 1.18. The maximum Gasteiger partial charge on any atom is 0.328 e. The first-order valence-electron chi connectivity index (χ1n) is 6.54. The molecule has 108 valence electrons. The Morgan fingerprint density at radius 2 is 2.60 bits per heavy atom. The molecule has 5 N–H and O–H groups in total. The molecular formula is C13H18N4O2S. The van der Waals surface area contributed by atoms with Crippen molar-refractivity contribution in [3.05, 3.63) is 28.5 Å². The van der Waals surface area contributed by atoms with Crippen LogP contribution in [0.25, 0.3) is 6.08 Å². The van der Waals surface area contributed by atoms with E-state index in [2.05, 4.69) is 15.7 Å². The molecule has 1 aromatic rings. The van der Waals surface area contributed by atoms with Crippen molar-refractivity contribution in [2.45, 2.75) is 18.9 Å². The summed E-state index contributed by atoms with van der Waals surface area (Å²) in [5.41, 5.74) is 6.35. The van der Waals surface area contributed by atoms with Crippen molar-refractivity contribution in [2.24, 2.45) is 10.7 Å². The van der Waals surface area contributed by atoms with Crippen molar-refractivity contribution in [1.82, 2.24) is 5.32 Å². The Balaban J connectivity index is 2.37. The van der Waals surface area contributed by atoms with Crippen molar-refractivity contribution in [3.63, 3.8) is 0 Å². The number of aliphatic carboxylic acids is 1. The molecule has 0 saturated heterocycles. The fraction of sp³-hybridized carbons (Fsp3) is 0.308. The van der Waals surface area contributed by atoms with E-state index in [1.54, 1.807) is 17.4 Å². The molecule has 0 amide bonds. The van der Waals surface area contributed by atoms with Gasteiger partial charge >= 0.3 is 5.97 Å². The van der Waals surface area contributed by atoms with Gasteiger partial charge < -0.3 is 16.2 Å². The molecule has 0 saturated carbocycles. The summed E-state index contributed by atoms with van der Waals surface area (Å²) in [5.74, 6) is -0.943. The van der Waals surface area contributed by atoms with Crippen LogP contribution in [0.15, 0.2) is 27.9 Å². The highest BCUT2D eigenvalue weighted by atomic mass is 32.1. The van der Waals surface area contributed by atoms with Gasteiger partial charge in [0.1, 0.15) is 6.04 Å². The molecule has 0 spiro atoms. The summed E-state index contributed by atoms with van der Waals surface area (Å²) in [6.07, 6.45) is 6.05. The van der Waals surface area contributed by atoms with Crippen molar-refractivity contribution < 1.29 is 11.3 Å². The van der Waals surface area contributed by atoms with E-state index in [9.17, 15) is 4.79 Å². The number of carbonyl (C=O) groups is 1. The number of nitrogens with two attached hydrogens (primary N) is 1. The zero-order valence-electron chi connectivity index (χ0n) is 11.9. The first-order valence-corrected chi connectivity index (χ1v) is 7.04. The smallest absolute Gasteiger partial charge is 0.328 e. The van der Waals surface area contributed by atoms with Crippen LogP contribution in [0.1, 0.15) is 18.4 Å². The van der Waals surface area contributed by atoms with Crippen molar-refractivity contribution in [2.75, 3.05) is 6.54 Å². The Morgan fingerprint density at radius 3 is 3.25 bits per heavy atom. The van der Waals surface area contributed by atoms with Gasteiger partial charge in [0.05, 0.1) is 0 Å². The lowest BCUT2D eigenvalue weighted by molar-refractivity contribution is -0.138. The van der Waals surface area contributed by atoms with Crippen LogP contribution in [0, 0.1) is 5.40 Å². The van der Waals surface area contributed by atoms with Gasteiger partial charge in [-0.1, -0.05) is 6.08 Å². The number of nitrogens with one attached hydrogen (secondary N) is 2. The molecule has 0 aliphatic carbocycles. The van der Waals surface area contributed by atoms with Gasteiger partial charge in [-0.2, -0.15) is 11.3 Å². The highest BCUT2D eigenvalue weighted by molar-refractivity contribution is 7.08. The van der Waals surface area contributed by atoms with E-state index in [4.69, 9.17) is 12.3 Å². The number of hydrogen-bond acceptors (Lipinski definition) is 4. The first-order chi connectivity index (χ1) is 10.1. The molecule has 1 rings (SSSR count). The fourth-order valence-electron chi connectivity index (χ4n) is 1.45. The highest BCUT2D eigenvalue weighted by Gasteiger charge is 2.13. The molecule has 0 radical (unpaired) electrons. The van der Waals surface area contributed by atoms with E-state index < -0.39 is 12.0 Å². The number of carboxylic acid groups (broad SMARTS) is 1. The minimum absolute atomic E-state index is 0.0177. The zero-order chi connectivity index (χ0) is 15.5. The number of nitrogens with zero attached hydrogens (tertiary/aromatic N) is 1. The van der Waals surface area contributed by atoms with Crippen LogP contribution in [0.4, 0.5) is 0 Å². The standard InChI is InChI=1S/C13H18N4O2S/c14-13(15)17-7-2-4-11(12(18)19)16-6-1-3-10-5-8-20-9-10/h1,3,5-6,8-9,11H,2,4,7H2,(H,18,19)(H4,14,15,17)/b3-1+,16-6+/t11-/m0/s1. The number of carboxylic acids is 1. The van der Waals surface area contributed by atoms with Crippen LogP contribution in [-0.2, 0) is 4.79 Å².